The maximum Gasteiger partial charge on any atom is 0.223 e. The van der Waals surface area contributed by atoms with Gasteiger partial charge in [0.1, 0.15) is 12.1 Å². The third kappa shape index (κ3) is 7.06. The van der Waals surface area contributed by atoms with Crippen molar-refractivity contribution in [1.82, 2.24) is 30.4 Å². The second kappa shape index (κ2) is 15.1. The van der Waals surface area contributed by atoms with E-state index in [1.165, 1.54) is 11.1 Å². The molecular weight excluding hydrogens is 709 g/mol. The van der Waals surface area contributed by atoms with Crippen LogP contribution in [0.3, 0.4) is 0 Å². The number of nitrogens with one attached hydrogen (secondary N) is 2. The Bertz CT molecular complexity index is 2270. The molecule has 10 atom stereocenters. The molecule has 10 heteroatoms. The normalized spacial score (nSPS) is 32.4. The first kappa shape index (κ1) is 37.7. The summed E-state index contributed by atoms with van der Waals surface area (Å²) in [6.07, 6.45) is 7.01. The van der Waals surface area contributed by atoms with Crippen LogP contribution in [0, 0.1) is 69.5 Å². The van der Waals surface area contributed by atoms with Gasteiger partial charge in [0.2, 0.25) is 11.8 Å². The molecular formula is C47H54N8O2. The van der Waals surface area contributed by atoms with E-state index in [0.29, 0.717) is 71.3 Å². The molecule has 4 saturated heterocycles. The van der Waals surface area contributed by atoms with Crippen LogP contribution in [0.5, 0.6) is 0 Å². The Kier molecular flexibility index (Phi) is 9.99. The fourth-order valence-corrected chi connectivity index (χ4v) is 11.6. The van der Waals surface area contributed by atoms with Crippen LogP contribution in [0.4, 0.5) is 0 Å². The Hall–Kier alpha value is -4.90. The Balaban J connectivity index is 0.000000148. The molecule has 2 unspecified atom stereocenters. The van der Waals surface area contributed by atoms with Gasteiger partial charge in [0.25, 0.3) is 0 Å². The van der Waals surface area contributed by atoms with Gasteiger partial charge in [-0.3, -0.25) is 19.6 Å². The van der Waals surface area contributed by atoms with Crippen LogP contribution in [0.25, 0.3) is 21.8 Å². The van der Waals surface area contributed by atoms with E-state index in [2.05, 4.69) is 87.6 Å². The van der Waals surface area contributed by atoms with Crippen LogP contribution in [0.2, 0.25) is 0 Å². The fourth-order valence-electron chi connectivity index (χ4n) is 11.6. The predicted molar refractivity (Wildman–Crippen MR) is 220 cm³/mol. The number of pyridine rings is 2. The summed E-state index contributed by atoms with van der Waals surface area (Å²) in [5, 5.41) is 27.8. The minimum atomic E-state index is 0.198. The topological polar surface area (TPSA) is 138 Å². The van der Waals surface area contributed by atoms with Crippen LogP contribution >= 0.6 is 0 Å². The van der Waals surface area contributed by atoms with Crippen molar-refractivity contribution >= 4 is 33.6 Å². The number of rotatable bonds is 6. The Labute approximate surface area is 336 Å². The van der Waals surface area contributed by atoms with Gasteiger partial charge in [0.05, 0.1) is 22.2 Å². The van der Waals surface area contributed by atoms with Crippen molar-refractivity contribution in [2.45, 2.75) is 58.3 Å². The molecule has 0 radical (unpaired) electrons. The average Bonchev–Trinajstić information content (AvgIpc) is 3.70. The molecule has 2 aliphatic carbocycles. The largest absolute Gasteiger partial charge is 0.342 e. The lowest BCUT2D eigenvalue weighted by molar-refractivity contribution is -0.135. The highest BCUT2D eigenvalue weighted by Crippen LogP contribution is 2.62. The summed E-state index contributed by atoms with van der Waals surface area (Å²) < 4.78 is 0. The molecule has 2 N–H and O–H groups in total. The number of piperidine rings is 4. The average molecular weight is 763 g/mol. The lowest BCUT2D eigenvalue weighted by atomic mass is 9.83. The van der Waals surface area contributed by atoms with Crippen LogP contribution in [-0.4, -0.2) is 83.9 Å². The molecule has 10 rings (SSSR count). The predicted octanol–water partition coefficient (Wildman–Crippen LogP) is 6.22. The van der Waals surface area contributed by atoms with Gasteiger partial charge in [-0.1, -0.05) is 45.0 Å². The molecule has 4 aliphatic heterocycles. The summed E-state index contributed by atoms with van der Waals surface area (Å²) in [6.45, 7) is 14.4. The lowest BCUT2D eigenvalue weighted by Gasteiger charge is -2.38. The number of hydrogen-bond donors (Lipinski definition) is 2. The number of fused-ring (bicyclic) bond motifs is 4. The fraction of sp³-hybridized carbons (Fsp3) is 0.532. The second-order valence-corrected chi connectivity index (χ2v) is 18.5. The maximum absolute atomic E-state index is 13.2. The zero-order valence-corrected chi connectivity index (χ0v) is 33.5. The number of amides is 2. The first-order valence-corrected chi connectivity index (χ1v) is 21.2. The standard InChI is InChI=1S/C24H28N4O.C23H26N4O/c1-15-8-17(18-6-5-16(10-25)23-19(18)4-3-7-27-23)14-28(13-15)22(29)9-24(2)20-11-26-12-21(20)24;1-14-7-16(17-5-4-15(9-24)23-18(17)3-2-6-26-23)13-27(12-14)22(28)8-19-20-10-25-11-21(19)20/h3-7,15,17,20-21,26H,8-9,11-14H2,1-2H3;2-6,14,16,19-21,25H,7-8,10-13H2,1H3/t15-,17-,20-,21+,24?;14-,16-,19?,20-,21+/m11/s1. The zero-order chi connectivity index (χ0) is 39.4. The highest BCUT2D eigenvalue weighted by molar-refractivity contribution is 5.89. The van der Waals surface area contributed by atoms with E-state index in [-0.39, 0.29) is 11.3 Å². The number of aromatic nitrogens is 2. The minimum Gasteiger partial charge on any atom is -0.342 e. The quantitative estimate of drug-likeness (QED) is 0.236. The van der Waals surface area contributed by atoms with Crippen molar-refractivity contribution in [1.29, 1.82) is 10.5 Å². The number of carbonyl (C=O) groups is 2. The van der Waals surface area contributed by atoms with E-state index >= 15 is 0 Å². The zero-order valence-electron chi connectivity index (χ0n) is 33.5. The minimum absolute atomic E-state index is 0.198. The molecule has 0 spiro atoms. The van der Waals surface area contributed by atoms with Crippen LogP contribution in [0.1, 0.15) is 80.5 Å². The SMILES string of the molecule is C[C@@H]1C[C@@H](c2ccc(C#N)c3ncccc23)CN(C(=O)CC2(C)[C@@H]3CNC[C@@H]32)C1.C[C@@H]1C[C@@H](c2ccc(C#N)c3ncccc23)CN(C(=O)CC2[C@H]3CNC[C@@H]23)C1. The Morgan fingerprint density at radius 2 is 1.21 bits per heavy atom. The van der Waals surface area contributed by atoms with E-state index in [4.69, 9.17) is 0 Å². The summed E-state index contributed by atoms with van der Waals surface area (Å²) in [4.78, 5) is 39.4. The molecule has 6 aliphatic rings. The molecule has 2 amide bonds. The van der Waals surface area contributed by atoms with Gasteiger partial charge in [-0.15, -0.1) is 0 Å². The molecule has 10 nitrogen and oxygen atoms in total. The summed E-state index contributed by atoms with van der Waals surface area (Å²) in [7, 11) is 0. The first-order valence-electron chi connectivity index (χ1n) is 21.2. The molecule has 0 bridgehead atoms. The molecule has 6 fully saturated rings. The van der Waals surface area contributed by atoms with Crippen LogP contribution in [0.15, 0.2) is 60.9 Å². The molecule has 2 aromatic heterocycles. The number of hydrogen-bond acceptors (Lipinski definition) is 8. The summed E-state index contributed by atoms with van der Waals surface area (Å²) in [6, 6.07) is 20.4. The van der Waals surface area contributed by atoms with Gasteiger partial charge in [-0.25, -0.2) is 0 Å². The van der Waals surface area contributed by atoms with E-state index in [0.717, 1.165) is 98.8 Å². The number of benzene rings is 2. The highest BCUT2D eigenvalue weighted by atomic mass is 16.2. The van der Waals surface area contributed by atoms with Crippen molar-refractivity contribution in [3.05, 3.63) is 83.2 Å². The van der Waals surface area contributed by atoms with Crippen molar-refractivity contribution < 1.29 is 9.59 Å². The molecule has 57 heavy (non-hydrogen) atoms. The summed E-state index contributed by atoms with van der Waals surface area (Å²) >= 11 is 0. The van der Waals surface area contributed by atoms with Gasteiger partial charge < -0.3 is 20.4 Å². The van der Waals surface area contributed by atoms with E-state index < -0.39 is 0 Å². The van der Waals surface area contributed by atoms with Crippen molar-refractivity contribution in [2.24, 2.45) is 46.8 Å². The number of carbonyl (C=O) groups excluding carboxylic acids is 2. The van der Waals surface area contributed by atoms with Gasteiger partial charge in [0.15, 0.2) is 0 Å². The number of likely N-dealkylation sites (tertiary alicyclic amines) is 2. The summed E-state index contributed by atoms with van der Waals surface area (Å²) in [5.74, 6) is 5.59. The van der Waals surface area contributed by atoms with E-state index in [1.807, 2.05) is 24.3 Å². The van der Waals surface area contributed by atoms with Crippen molar-refractivity contribution in [2.75, 3.05) is 52.4 Å². The van der Waals surface area contributed by atoms with Crippen LogP contribution < -0.4 is 10.6 Å². The van der Waals surface area contributed by atoms with Gasteiger partial charge in [-0.2, -0.15) is 10.5 Å². The van der Waals surface area contributed by atoms with Crippen LogP contribution in [-0.2, 0) is 9.59 Å². The van der Waals surface area contributed by atoms with Gasteiger partial charge in [0, 0.05) is 74.0 Å². The maximum atomic E-state index is 13.2. The van der Waals surface area contributed by atoms with Crippen molar-refractivity contribution in [3.8, 4) is 12.1 Å². The number of nitriles is 2. The van der Waals surface area contributed by atoms with E-state index in [9.17, 15) is 20.1 Å². The van der Waals surface area contributed by atoms with E-state index in [1.54, 1.807) is 12.4 Å². The number of nitrogens with zero attached hydrogens (tertiary/aromatic N) is 6. The second-order valence-electron chi connectivity index (χ2n) is 18.5. The van der Waals surface area contributed by atoms with Gasteiger partial charge in [-0.05, 0) is 121 Å². The summed E-state index contributed by atoms with van der Waals surface area (Å²) in [5.41, 5.74) is 5.41. The van der Waals surface area contributed by atoms with Gasteiger partial charge >= 0.3 is 0 Å². The molecule has 2 aromatic carbocycles. The smallest absolute Gasteiger partial charge is 0.223 e. The molecule has 4 aromatic rings. The molecule has 6 heterocycles. The monoisotopic (exact) mass is 762 g/mol. The first-order chi connectivity index (χ1) is 27.7. The third-order valence-electron chi connectivity index (χ3n) is 14.8. The molecule has 2 saturated carbocycles. The molecule has 294 valence electrons. The van der Waals surface area contributed by atoms with Crippen molar-refractivity contribution in [3.63, 3.8) is 0 Å². The Morgan fingerprint density at radius 1 is 0.719 bits per heavy atom. The Morgan fingerprint density at radius 3 is 1.72 bits per heavy atom. The third-order valence-corrected chi connectivity index (χ3v) is 14.8. The highest BCUT2D eigenvalue weighted by Gasteiger charge is 2.63. The lowest BCUT2D eigenvalue weighted by Crippen LogP contribution is -2.43.